The van der Waals surface area contributed by atoms with Crippen molar-refractivity contribution < 1.29 is 24.5 Å². The largest absolute Gasteiger partial charge is 0.507 e. The van der Waals surface area contributed by atoms with Gasteiger partial charge in [-0.1, -0.05) is 29.8 Å². The van der Waals surface area contributed by atoms with Crippen LogP contribution in [-0.4, -0.2) is 26.6 Å². The first-order valence-corrected chi connectivity index (χ1v) is 10.1. The van der Waals surface area contributed by atoms with E-state index in [0.717, 1.165) is 17.7 Å². The highest BCUT2D eigenvalue weighted by molar-refractivity contribution is 6.51. The lowest BCUT2D eigenvalue weighted by molar-refractivity contribution is -0.385. The fraction of sp³-hybridized carbons (Fsp3) is 0.0833. The summed E-state index contributed by atoms with van der Waals surface area (Å²) in [6, 6.07) is 15.9. The molecule has 3 aromatic rings. The lowest BCUT2D eigenvalue weighted by Crippen LogP contribution is -2.29. The molecule has 1 amide bonds. The number of anilines is 1. The Kier molecular flexibility index (Phi) is 5.64. The zero-order valence-corrected chi connectivity index (χ0v) is 17.7. The van der Waals surface area contributed by atoms with Gasteiger partial charge >= 0.3 is 0 Å². The molecule has 170 valence electrons. The van der Waals surface area contributed by atoms with E-state index < -0.39 is 33.3 Å². The molecule has 10 nitrogen and oxygen atoms in total. The molecule has 1 heterocycles. The van der Waals surface area contributed by atoms with Crippen molar-refractivity contribution >= 4 is 34.5 Å². The number of aliphatic hydroxyl groups excluding tert-OH is 1. The first-order chi connectivity index (χ1) is 16.2. The molecule has 0 aliphatic carbocycles. The third-order valence-electron chi connectivity index (χ3n) is 5.50. The summed E-state index contributed by atoms with van der Waals surface area (Å²) in [5, 5.41) is 33.3. The molecule has 1 aliphatic heterocycles. The molecule has 34 heavy (non-hydrogen) atoms. The monoisotopic (exact) mass is 459 g/mol. The minimum absolute atomic E-state index is 0.0861. The van der Waals surface area contributed by atoms with Crippen molar-refractivity contribution in [3.8, 4) is 0 Å². The van der Waals surface area contributed by atoms with Crippen molar-refractivity contribution in [2.24, 2.45) is 0 Å². The van der Waals surface area contributed by atoms with Crippen molar-refractivity contribution in [3.63, 3.8) is 0 Å². The number of ketones is 1. The Morgan fingerprint density at radius 1 is 0.882 bits per heavy atom. The molecule has 1 saturated heterocycles. The van der Waals surface area contributed by atoms with Gasteiger partial charge in [0.05, 0.1) is 21.5 Å². The Hall–Kier alpha value is -4.86. The van der Waals surface area contributed by atoms with Crippen LogP contribution in [0, 0.1) is 27.2 Å². The van der Waals surface area contributed by atoms with Crippen LogP contribution < -0.4 is 4.90 Å². The maximum Gasteiger partial charge on any atom is 0.300 e. The highest BCUT2D eigenvalue weighted by Gasteiger charge is 2.47. The quantitative estimate of drug-likeness (QED) is 0.195. The predicted molar refractivity (Wildman–Crippen MR) is 122 cm³/mol. The molecule has 0 saturated carbocycles. The van der Waals surface area contributed by atoms with Crippen LogP contribution >= 0.6 is 0 Å². The molecule has 0 aromatic heterocycles. The van der Waals surface area contributed by atoms with Gasteiger partial charge in [0.1, 0.15) is 5.76 Å². The number of nitro benzene ring substituents is 2. The van der Waals surface area contributed by atoms with Gasteiger partial charge < -0.3 is 5.11 Å². The smallest absolute Gasteiger partial charge is 0.300 e. The third kappa shape index (κ3) is 3.88. The first kappa shape index (κ1) is 22.3. The van der Waals surface area contributed by atoms with Crippen LogP contribution in [0.4, 0.5) is 17.1 Å². The van der Waals surface area contributed by atoms with Gasteiger partial charge in [-0.2, -0.15) is 0 Å². The van der Waals surface area contributed by atoms with Crippen molar-refractivity contribution in [2.45, 2.75) is 13.0 Å². The van der Waals surface area contributed by atoms with E-state index in [1.54, 1.807) is 24.3 Å². The molecule has 1 aliphatic rings. The van der Waals surface area contributed by atoms with Crippen molar-refractivity contribution in [2.75, 3.05) is 4.90 Å². The standard InChI is InChI=1S/C24H17N3O7/c1-14-5-9-17(10-6-14)25-21(16-3-2-4-19(13-16)27(33)34)20(23(29)24(25)30)22(28)15-7-11-18(12-8-15)26(31)32/h2-13,21,28H,1H3/t21-/m0/s1. The average molecular weight is 459 g/mol. The minimum atomic E-state index is -1.15. The van der Waals surface area contributed by atoms with E-state index in [1.807, 2.05) is 6.92 Å². The van der Waals surface area contributed by atoms with E-state index in [9.17, 15) is 34.9 Å². The van der Waals surface area contributed by atoms with E-state index in [-0.39, 0.29) is 28.1 Å². The Bertz CT molecular complexity index is 1360. The number of nitro groups is 2. The maximum absolute atomic E-state index is 13.1. The molecule has 3 aromatic carbocycles. The second-order valence-electron chi connectivity index (χ2n) is 7.66. The number of non-ortho nitro benzene ring substituents is 2. The molecule has 0 bridgehead atoms. The summed E-state index contributed by atoms with van der Waals surface area (Å²) in [7, 11) is 0. The number of carbonyl (C=O) groups is 2. The molecular weight excluding hydrogens is 442 g/mol. The Balaban J connectivity index is 1.94. The number of carbonyl (C=O) groups excluding carboxylic acids is 2. The van der Waals surface area contributed by atoms with Crippen molar-refractivity contribution in [3.05, 3.63) is 115 Å². The molecule has 1 atom stereocenters. The van der Waals surface area contributed by atoms with E-state index in [0.29, 0.717) is 5.69 Å². The summed E-state index contributed by atoms with van der Waals surface area (Å²) in [5.74, 6) is -2.43. The lowest BCUT2D eigenvalue weighted by Gasteiger charge is -2.25. The van der Waals surface area contributed by atoms with E-state index >= 15 is 0 Å². The molecule has 10 heteroatoms. The topological polar surface area (TPSA) is 144 Å². The number of rotatable bonds is 5. The van der Waals surface area contributed by atoms with E-state index in [2.05, 4.69) is 0 Å². The Morgan fingerprint density at radius 3 is 2.09 bits per heavy atom. The van der Waals surface area contributed by atoms with Crippen LogP contribution in [0.5, 0.6) is 0 Å². The number of aryl methyl sites for hydroxylation is 1. The van der Waals surface area contributed by atoms with Gasteiger partial charge in [-0.3, -0.25) is 34.7 Å². The zero-order chi connectivity index (χ0) is 24.6. The molecule has 0 radical (unpaired) electrons. The molecule has 0 spiro atoms. The summed E-state index contributed by atoms with van der Waals surface area (Å²) in [6.07, 6.45) is 0. The number of hydrogen-bond acceptors (Lipinski definition) is 7. The predicted octanol–water partition coefficient (Wildman–Crippen LogP) is 4.44. The van der Waals surface area contributed by atoms with Crippen LogP contribution in [-0.2, 0) is 9.59 Å². The highest BCUT2D eigenvalue weighted by atomic mass is 16.6. The van der Waals surface area contributed by atoms with Crippen LogP contribution in [0.1, 0.15) is 22.7 Å². The summed E-state index contributed by atoms with van der Waals surface area (Å²) in [6.45, 7) is 1.85. The number of Topliss-reactive ketones (excluding diaryl/α,β-unsaturated/α-hetero) is 1. The molecule has 1 fully saturated rings. The summed E-state index contributed by atoms with van der Waals surface area (Å²) in [5.41, 5.74) is 0.875. The third-order valence-corrected chi connectivity index (χ3v) is 5.50. The zero-order valence-electron chi connectivity index (χ0n) is 17.7. The number of hydrogen-bond donors (Lipinski definition) is 1. The second kappa shape index (κ2) is 8.58. The van der Waals surface area contributed by atoms with E-state index in [4.69, 9.17) is 0 Å². The van der Waals surface area contributed by atoms with Gasteiger partial charge in [0.15, 0.2) is 0 Å². The Labute approximate surface area is 192 Å². The fourth-order valence-corrected chi connectivity index (χ4v) is 3.82. The average Bonchev–Trinajstić information content (AvgIpc) is 3.09. The van der Waals surface area contributed by atoms with Crippen LogP contribution in [0.15, 0.2) is 78.4 Å². The number of amides is 1. The van der Waals surface area contributed by atoms with Crippen LogP contribution in [0.25, 0.3) is 5.76 Å². The van der Waals surface area contributed by atoms with Gasteiger partial charge in [-0.05, 0) is 36.8 Å². The minimum Gasteiger partial charge on any atom is -0.507 e. The van der Waals surface area contributed by atoms with Gasteiger partial charge in [-0.15, -0.1) is 0 Å². The number of nitrogens with zero attached hydrogens (tertiary/aromatic N) is 3. The van der Waals surface area contributed by atoms with Crippen molar-refractivity contribution in [1.82, 2.24) is 0 Å². The normalized spacial score (nSPS) is 17.1. The second-order valence-corrected chi connectivity index (χ2v) is 7.66. The molecule has 4 rings (SSSR count). The summed E-state index contributed by atoms with van der Waals surface area (Å²) in [4.78, 5) is 48.5. The molecular formula is C24H17N3O7. The SMILES string of the molecule is Cc1ccc(N2C(=O)C(=O)C(=C(O)c3ccc([N+](=O)[O-])cc3)[C@@H]2c2cccc([N+](=O)[O-])c2)cc1. The van der Waals surface area contributed by atoms with E-state index in [1.165, 1.54) is 41.3 Å². The summed E-state index contributed by atoms with van der Waals surface area (Å²) >= 11 is 0. The summed E-state index contributed by atoms with van der Waals surface area (Å²) < 4.78 is 0. The first-order valence-electron chi connectivity index (χ1n) is 10.1. The van der Waals surface area contributed by atoms with Gasteiger partial charge in [-0.25, -0.2) is 0 Å². The molecule has 1 N–H and O–H groups in total. The lowest BCUT2D eigenvalue weighted by atomic mass is 9.94. The van der Waals surface area contributed by atoms with Gasteiger partial charge in [0, 0.05) is 35.5 Å². The van der Waals surface area contributed by atoms with Crippen LogP contribution in [0.2, 0.25) is 0 Å². The maximum atomic E-state index is 13.1. The highest BCUT2D eigenvalue weighted by Crippen LogP contribution is 2.42. The molecule has 0 unspecified atom stereocenters. The number of aliphatic hydroxyl groups is 1. The number of benzene rings is 3. The fourth-order valence-electron chi connectivity index (χ4n) is 3.82. The Morgan fingerprint density at radius 2 is 1.50 bits per heavy atom. The van der Waals surface area contributed by atoms with Gasteiger partial charge in [0.2, 0.25) is 0 Å². The van der Waals surface area contributed by atoms with Crippen molar-refractivity contribution in [1.29, 1.82) is 0 Å². The van der Waals surface area contributed by atoms with Gasteiger partial charge in [0.25, 0.3) is 23.1 Å². The van der Waals surface area contributed by atoms with Crippen LogP contribution in [0.3, 0.4) is 0 Å².